The van der Waals surface area contributed by atoms with E-state index >= 15 is 0 Å². The van der Waals surface area contributed by atoms with Crippen molar-refractivity contribution in [1.82, 2.24) is 15.3 Å². The van der Waals surface area contributed by atoms with Crippen molar-refractivity contribution in [3.8, 4) is 0 Å². The SMILES string of the molecule is O=C(N[C@@H]1CCCc2c1[nH]c1ccc(F)cc21)c1ccc2cc[nH]c2c1. The third kappa shape index (κ3) is 2.39. The van der Waals surface area contributed by atoms with Crippen LogP contribution in [0.4, 0.5) is 4.39 Å². The second-order valence-electron chi connectivity index (χ2n) is 6.91. The Bertz CT molecular complexity index is 1140. The number of carbonyl (C=O) groups excluding carboxylic acids is 1. The number of fused-ring (bicyclic) bond motifs is 4. The molecule has 0 spiro atoms. The zero-order valence-corrected chi connectivity index (χ0v) is 14.1. The predicted molar refractivity (Wildman–Crippen MR) is 99.7 cm³/mol. The van der Waals surface area contributed by atoms with E-state index in [9.17, 15) is 9.18 Å². The molecule has 2 heterocycles. The molecule has 2 aromatic carbocycles. The number of H-pyrrole nitrogens is 2. The lowest BCUT2D eigenvalue weighted by molar-refractivity contribution is 0.0932. The molecule has 4 aromatic rings. The van der Waals surface area contributed by atoms with Crippen molar-refractivity contribution in [2.75, 3.05) is 0 Å². The monoisotopic (exact) mass is 347 g/mol. The number of aromatic amines is 2. The highest BCUT2D eigenvalue weighted by Gasteiger charge is 2.26. The van der Waals surface area contributed by atoms with E-state index in [4.69, 9.17) is 0 Å². The first-order chi connectivity index (χ1) is 12.7. The molecule has 0 saturated heterocycles. The highest BCUT2D eigenvalue weighted by atomic mass is 19.1. The summed E-state index contributed by atoms with van der Waals surface area (Å²) in [7, 11) is 0. The van der Waals surface area contributed by atoms with Crippen LogP contribution >= 0.6 is 0 Å². The molecule has 0 bridgehead atoms. The van der Waals surface area contributed by atoms with E-state index < -0.39 is 0 Å². The summed E-state index contributed by atoms with van der Waals surface area (Å²) >= 11 is 0. The van der Waals surface area contributed by atoms with Crippen LogP contribution in [0.25, 0.3) is 21.8 Å². The van der Waals surface area contributed by atoms with Gasteiger partial charge in [0.25, 0.3) is 5.91 Å². The molecular weight excluding hydrogens is 329 g/mol. The Hall–Kier alpha value is -3.08. The number of hydrogen-bond donors (Lipinski definition) is 3. The van der Waals surface area contributed by atoms with Gasteiger partial charge in [0.05, 0.1) is 6.04 Å². The highest BCUT2D eigenvalue weighted by Crippen LogP contribution is 2.35. The molecule has 0 radical (unpaired) electrons. The number of aryl methyl sites for hydroxylation is 1. The summed E-state index contributed by atoms with van der Waals surface area (Å²) in [6.07, 6.45) is 4.61. The molecule has 0 aliphatic heterocycles. The van der Waals surface area contributed by atoms with Crippen LogP contribution in [0.2, 0.25) is 0 Å². The molecule has 1 aliphatic carbocycles. The van der Waals surface area contributed by atoms with Crippen molar-refractivity contribution in [2.45, 2.75) is 25.3 Å². The largest absolute Gasteiger partial charge is 0.361 e. The van der Waals surface area contributed by atoms with Gasteiger partial charge in [-0.05, 0) is 66.6 Å². The van der Waals surface area contributed by atoms with E-state index in [1.54, 1.807) is 12.1 Å². The van der Waals surface area contributed by atoms with Gasteiger partial charge in [-0.25, -0.2) is 4.39 Å². The molecule has 1 aliphatic rings. The molecule has 1 atom stereocenters. The van der Waals surface area contributed by atoms with Gasteiger partial charge in [0.2, 0.25) is 0 Å². The van der Waals surface area contributed by atoms with Crippen molar-refractivity contribution >= 4 is 27.7 Å². The molecule has 0 unspecified atom stereocenters. The van der Waals surface area contributed by atoms with Gasteiger partial charge in [-0.15, -0.1) is 0 Å². The smallest absolute Gasteiger partial charge is 0.251 e. The van der Waals surface area contributed by atoms with Gasteiger partial charge in [-0.2, -0.15) is 0 Å². The number of rotatable bonds is 2. The first kappa shape index (κ1) is 15.2. The predicted octanol–water partition coefficient (Wildman–Crippen LogP) is 4.60. The molecule has 3 N–H and O–H groups in total. The molecule has 2 aromatic heterocycles. The van der Waals surface area contributed by atoms with E-state index in [-0.39, 0.29) is 17.8 Å². The lowest BCUT2D eigenvalue weighted by atomic mass is 9.91. The fourth-order valence-corrected chi connectivity index (χ4v) is 4.01. The minimum atomic E-state index is -0.232. The van der Waals surface area contributed by atoms with E-state index in [1.807, 2.05) is 30.5 Å². The van der Waals surface area contributed by atoms with Gasteiger partial charge in [0.1, 0.15) is 5.82 Å². The Kier molecular flexibility index (Phi) is 3.35. The van der Waals surface area contributed by atoms with Gasteiger partial charge in [-0.1, -0.05) is 6.07 Å². The number of nitrogens with one attached hydrogen (secondary N) is 3. The fraction of sp³-hybridized carbons (Fsp3) is 0.190. The molecule has 4 nitrogen and oxygen atoms in total. The van der Waals surface area contributed by atoms with Crippen LogP contribution in [0.3, 0.4) is 0 Å². The lowest BCUT2D eigenvalue weighted by Crippen LogP contribution is -2.31. The van der Waals surface area contributed by atoms with Crippen molar-refractivity contribution in [1.29, 1.82) is 0 Å². The first-order valence-electron chi connectivity index (χ1n) is 8.87. The maximum Gasteiger partial charge on any atom is 0.251 e. The maximum atomic E-state index is 13.6. The molecule has 5 heteroatoms. The van der Waals surface area contributed by atoms with Gasteiger partial charge < -0.3 is 15.3 Å². The topological polar surface area (TPSA) is 60.7 Å². The van der Waals surface area contributed by atoms with Crippen LogP contribution in [0.5, 0.6) is 0 Å². The number of amides is 1. The molecule has 0 saturated carbocycles. The number of hydrogen-bond acceptors (Lipinski definition) is 1. The Morgan fingerprint density at radius 1 is 1.12 bits per heavy atom. The Morgan fingerprint density at radius 2 is 2.04 bits per heavy atom. The van der Waals surface area contributed by atoms with Crippen molar-refractivity contribution in [3.63, 3.8) is 0 Å². The zero-order valence-electron chi connectivity index (χ0n) is 14.1. The molecule has 5 rings (SSSR count). The molecule has 1 amide bonds. The number of carbonyl (C=O) groups is 1. The van der Waals surface area contributed by atoms with Crippen molar-refractivity contribution < 1.29 is 9.18 Å². The van der Waals surface area contributed by atoms with Gasteiger partial charge in [0, 0.05) is 33.9 Å². The molecule has 0 fully saturated rings. The lowest BCUT2D eigenvalue weighted by Gasteiger charge is -2.24. The number of aromatic nitrogens is 2. The Labute approximate surface area is 149 Å². The summed E-state index contributed by atoms with van der Waals surface area (Å²) in [5, 5.41) is 5.15. The van der Waals surface area contributed by atoms with Crippen LogP contribution < -0.4 is 5.32 Å². The Morgan fingerprint density at radius 3 is 2.96 bits per heavy atom. The standard InChI is InChI=1S/C21H18FN3O/c22-14-6-7-17-16(11-14)15-2-1-3-18(20(15)24-17)25-21(26)13-5-4-12-8-9-23-19(12)10-13/h4-11,18,23-24H,1-3H2,(H,25,26)/t18-/m1/s1. The average Bonchev–Trinajstić information content (AvgIpc) is 3.25. The van der Waals surface area contributed by atoms with Crippen LogP contribution in [-0.2, 0) is 6.42 Å². The van der Waals surface area contributed by atoms with Crippen molar-refractivity contribution in [2.24, 2.45) is 0 Å². The summed E-state index contributed by atoms with van der Waals surface area (Å²) < 4.78 is 13.6. The minimum absolute atomic E-state index is 0.0824. The summed E-state index contributed by atoms with van der Waals surface area (Å²) in [4.78, 5) is 19.3. The number of benzene rings is 2. The maximum absolute atomic E-state index is 13.6. The van der Waals surface area contributed by atoms with Gasteiger partial charge in [0.15, 0.2) is 0 Å². The molecule has 130 valence electrons. The highest BCUT2D eigenvalue weighted by molar-refractivity contribution is 5.98. The van der Waals surface area contributed by atoms with Crippen LogP contribution in [0.1, 0.15) is 40.5 Å². The van der Waals surface area contributed by atoms with E-state index in [2.05, 4.69) is 15.3 Å². The van der Waals surface area contributed by atoms with Crippen LogP contribution in [0, 0.1) is 5.82 Å². The van der Waals surface area contributed by atoms with Crippen molar-refractivity contribution in [3.05, 3.63) is 71.3 Å². The second kappa shape index (κ2) is 5.73. The first-order valence-corrected chi connectivity index (χ1v) is 8.87. The third-order valence-electron chi connectivity index (χ3n) is 5.29. The van der Waals surface area contributed by atoms with E-state index in [0.29, 0.717) is 5.56 Å². The molecular formula is C21H18FN3O. The number of halogens is 1. The van der Waals surface area contributed by atoms with Crippen LogP contribution in [0.15, 0.2) is 48.7 Å². The summed E-state index contributed by atoms with van der Waals surface area (Å²) in [6.45, 7) is 0. The zero-order chi connectivity index (χ0) is 17.7. The minimum Gasteiger partial charge on any atom is -0.361 e. The summed E-state index contributed by atoms with van der Waals surface area (Å²) in [6, 6.07) is 12.4. The average molecular weight is 347 g/mol. The van der Waals surface area contributed by atoms with E-state index in [0.717, 1.165) is 52.3 Å². The Balaban J connectivity index is 1.48. The fourth-order valence-electron chi connectivity index (χ4n) is 4.01. The summed E-state index contributed by atoms with van der Waals surface area (Å²) in [5.41, 5.74) is 4.63. The van der Waals surface area contributed by atoms with Crippen LogP contribution in [-0.4, -0.2) is 15.9 Å². The molecule has 26 heavy (non-hydrogen) atoms. The normalized spacial score (nSPS) is 16.7. The third-order valence-corrected chi connectivity index (χ3v) is 5.29. The summed E-state index contributed by atoms with van der Waals surface area (Å²) in [5.74, 6) is -0.325. The van der Waals surface area contributed by atoms with E-state index in [1.165, 1.54) is 6.07 Å². The quantitative estimate of drug-likeness (QED) is 0.488. The second-order valence-corrected chi connectivity index (χ2v) is 6.91. The van der Waals surface area contributed by atoms with Gasteiger partial charge in [-0.3, -0.25) is 4.79 Å². The van der Waals surface area contributed by atoms with Gasteiger partial charge >= 0.3 is 0 Å².